The molecule has 132 valence electrons. The standard InChI is InChI=1S/C19H13N5O3/c20-9-13-14(11-3-1-2-4-12(11)19(25)26)15-16(10-5-7-22-8-6-10)23-24-18(15)27-17(13)21/h1-8,14H,21H2,(H,23,24)(H,25,26). The number of carbonyl (C=O) groups is 1. The van der Waals surface area contributed by atoms with Crippen LogP contribution in [0.1, 0.15) is 27.4 Å². The number of carboxylic acid groups (broad SMARTS) is 1. The van der Waals surface area contributed by atoms with E-state index in [2.05, 4.69) is 21.3 Å². The van der Waals surface area contributed by atoms with Gasteiger partial charge in [-0.25, -0.2) is 4.79 Å². The molecule has 1 aliphatic heterocycles. The molecular formula is C19H13N5O3. The van der Waals surface area contributed by atoms with E-state index >= 15 is 0 Å². The first kappa shape index (κ1) is 16.4. The molecule has 3 aromatic rings. The minimum Gasteiger partial charge on any atom is -0.478 e. The van der Waals surface area contributed by atoms with Gasteiger partial charge in [0.25, 0.3) is 0 Å². The van der Waals surface area contributed by atoms with E-state index in [0.29, 0.717) is 16.8 Å². The Hall–Kier alpha value is -4.12. The van der Waals surface area contributed by atoms with Crippen molar-refractivity contribution in [2.24, 2.45) is 5.73 Å². The summed E-state index contributed by atoms with van der Waals surface area (Å²) in [5, 5.41) is 26.4. The molecule has 0 fully saturated rings. The lowest BCUT2D eigenvalue weighted by atomic mass is 9.81. The first-order valence-corrected chi connectivity index (χ1v) is 8.00. The molecule has 8 nitrogen and oxygen atoms in total. The molecule has 1 atom stereocenters. The van der Waals surface area contributed by atoms with Crippen LogP contribution in [0.15, 0.2) is 60.2 Å². The van der Waals surface area contributed by atoms with Gasteiger partial charge in [0.2, 0.25) is 11.8 Å². The number of rotatable bonds is 3. The quantitative estimate of drug-likeness (QED) is 0.652. The number of hydrogen-bond acceptors (Lipinski definition) is 6. The molecule has 0 amide bonds. The second-order valence-electron chi connectivity index (χ2n) is 5.87. The average Bonchev–Trinajstić information content (AvgIpc) is 3.10. The summed E-state index contributed by atoms with van der Waals surface area (Å²) in [6.07, 6.45) is 3.25. The monoisotopic (exact) mass is 359 g/mol. The first-order chi connectivity index (χ1) is 13.1. The van der Waals surface area contributed by atoms with Crippen LogP contribution in [0.4, 0.5) is 0 Å². The van der Waals surface area contributed by atoms with Crippen molar-refractivity contribution in [3.05, 3.63) is 76.9 Å². The van der Waals surface area contributed by atoms with Crippen molar-refractivity contribution >= 4 is 5.97 Å². The van der Waals surface area contributed by atoms with E-state index in [4.69, 9.17) is 10.5 Å². The summed E-state index contributed by atoms with van der Waals surface area (Å²) in [6.45, 7) is 0. The summed E-state index contributed by atoms with van der Waals surface area (Å²) < 4.78 is 5.52. The van der Waals surface area contributed by atoms with Gasteiger partial charge in [-0.2, -0.15) is 5.26 Å². The number of carboxylic acids is 1. The average molecular weight is 359 g/mol. The number of H-pyrrole nitrogens is 1. The van der Waals surface area contributed by atoms with E-state index in [1.807, 2.05) is 0 Å². The van der Waals surface area contributed by atoms with Crippen molar-refractivity contribution < 1.29 is 14.6 Å². The third-order valence-electron chi connectivity index (χ3n) is 4.41. The summed E-state index contributed by atoms with van der Waals surface area (Å²) in [5.74, 6) is -1.71. The molecule has 27 heavy (non-hydrogen) atoms. The number of aromatic amines is 1. The molecule has 0 bridgehead atoms. The van der Waals surface area contributed by atoms with Gasteiger partial charge in [0, 0.05) is 18.0 Å². The Balaban J connectivity index is 2.01. The largest absolute Gasteiger partial charge is 0.478 e. The molecule has 1 aromatic carbocycles. The van der Waals surface area contributed by atoms with E-state index in [-0.39, 0.29) is 22.9 Å². The van der Waals surface area contributed by atoms with E-state index in [9.17, 15) is 15.2 Å². The Labute approximate surface area is 153 Å². The van der Waals surface area contributed by atoms with Gasteiger partial charge in [-0.05, 0) is 23.8 Å². The van der Waals surface area contributed by atoms with Crippen LogP contribution in [0.3, 0.4) is 0 Å². The number of ether oxygens (including phenoxy) is 1. The predicted molar refractivity (Wildman–Crippen MR) is 94.5 cm³/mol. The molecule has 0 saturated carbocycles. The smallest absolute Gasteiger partial charge is 0.335 e. The minimum absolute atomic E-state index is 0.0813. The number of nitrogens with one attached hydrogen (secondary N) is 1. The van der Waals surface area contributed by atoms with E-state index in [0.717, 1.165) is 5.56 Å². The number of nitriles is 1. The topological polar surface area (TPSA) is 138 Å². The Morgan fingerprint density at radius 3 is 2.70 bits per heavy atom. The first-order valence-electron chi connectivity index (χ1n) is 8.00. The SMILES string of the molecule is N#CC1=C(N)Oc2n[nH]c(-c3ccncc3)c2C1c1ccccc1C(=O)O. The van der Waals surface area contributed by atoms with E-state index < -0.39 is 11.9 Å². The molecule has 2 aromatic heterocycles. The number of hydrogen-bond donors (Lipinski definition) is 3. The van der Waals surface area contributed by atoms with Gasteiger partial charge in [-0.1, -0.05) is 18.2 Å². The number of fused-ring (bicyclic) bond motifs is 1. The van der Waals surface area contributed by atoms with Gasteiger partial charge in [-0.3, -0.25) is 10.1 Å². The zero-order chi connectivity index (χ0) is 19.0. The molecule has 0 spiro atoms. The summed E-state index contributed by atoms with van der Waals surface area (Å²) in [7, 11) is 0. The summed E-state index contributed by atoms with van der Waals surface area (Å²) in [5.41, 5.74) is 8.52. The number of benzene rings is 1. The number of nitrogens with zero attached hydrogens (tertiary/aromatic N) is 3. The maximum Gasteiger partial charge on any atom is 0.335 e. The Morgan fingerprint density at radius 1 is 1.26 bits per heavy atom. The van der Waals surface area contributed by atoms with Gasteiger partial charge in [0.1, 0.15) is 11.6 Å². The number of pyridine rings is 1. The highest BCUT2D eigenvalue weighted by Gasteiger charge is 2.37. The zero-order valence-corrected chi connectivity index (χ0v) is 13.9. The Morgan fingerprint density at radius 2 is 2.00 bits per heavy atom. The summed E-state index contributed by atoms with van der Waals surface area (Å²) >= 11 is 0. The fourth-order valence-electron chi connectivity index (χ4n) is 3.24. The molecule has 0 radical (unpaired) electrons. The molecule has 0 saturated heterocycles. The summed E-state index contributed by atoms with van der Waals surface area (Å²) in [4.78, 5) is 15.8. The van der Waals surface area contributed by atoms with Crippen LogP contribution in [0, 0.1) is 11.3 Å². The number of aromatic carboxylic acids is 1. The molecule has 1 aliphatic rings. The van der Waals surface area contributed by atoms with Gasteiger partial charge in [0.05, 0.1) is 22.7 Å². The fraction of sp³-hybridized carbons (Fsp3) is 0.0526. The van der Waals surface area contributed by atoms with E-state index in [1.165, 1.54) is 6.07 Å². The second kappa shape index (κ2) is 6.31. The maximum absolute atomic E-state index is 11.8. The second-order valence-corrected chi connectivity index (χ2v) is 5.87. The highest BCUT2D eigenvalue weighted by atomic mass is 16.5. The van der Waals surface area contributed by atoms with E-state index in [1.54, 1.807) is 42.7 Å². The molecule has 4 rings (SSSR count). The lowest BCUT2D eigenvalue weighted by molar-refractivity contribution is 0.0695. The van der Waals surface area contributed by atoms with Crippen molar-refractivity contribution in [3.63, 3.8) is 0 Å². The molecule has 8 heteroatoms. The van der Waals surface area contributed by atoms with Crippen molar-refractivity contribution in [2.75, 3.05) is 0 Å². The van der Waals surface area contributed by atoms with Crippen LogP contribution in [0.2, 0.25) is 0 Å². The number of aromatic nitrogens is 3. The Kier molecular flexibility index (Phi) is 3.82. The molecule has 0 aliphatic carbocycles. The zero-order valence-electron chi connectivity index (χ0n) is 13.9. The highest BCUT2D eigenvalue weighted by Crippen LogP contribution is 2.46. The third-order valence-corrected chi connectivity index (χ3v) is 4.41. The lowest BCUT2D eigenvalue weighted by Crippen LogP contribution is -2.22. The van der Waals surface area contributed by atoms with Crippen LogP contribution in [-0.2, 0) is 0 Å². The fourth-order valence-corrected chi connectivity index (χ4v) is 3.24. The normalized spacial score (nSPS) is 15.6. The van der Waals surface area contributed by atoms with Crippen molar-refractivity contribution in [2.45, 2.75) is 5.92 Å². The minimum atomic E-state index is -1.09. The van der Waals surface area contributed by atoms with Crippen LogP contribution < -0.4 is 10.5 Å². The van der Waals surface area contributed by atoms with Gasteiger partial charge in [-0.15, -0.1) is 5.10 Å². The predicted octanol–water partition coefficient (Wildman–Crippen LogP) is 2.39. The Bertz CT molecular complexity index is 1110. The maximum atomic E-state index is 11.8. The summed E-state index contributed by atoms with van der Waals surface area (Å²) in [6, 6.07) is 12.1. The number of allylic oxidation sites excluding steroid dienone is 1. The van der Waals surface area contributed by atoms with Crippen LogP contribution in [0.5, 0.6) is 5.88 Å². The van der Waals surface area contributed by atoms with Gasteiger partial charge >= 0.3 is 5.97 Å². The van der Waals surface area contributed by atoms with Gasteiger partial charge in [0.15, 0.2) is 0 Å². The van der Waals surface area contributed by atoms with Crippen molar-refractivity contribution in [1.82, 2.24) is 15.2 Å². The van der Waals surface area contributed by atoms with Crippen molar-refractivity contribution in [1.29, 1.82) is 5.26 Å². The van der Waals surface area contributed by atoms with Crippen LogP contribution in [0.25, 0.3) is 11.3 Å². The lowest BCUT2D eigenvalue weighted by Gasteiger charge is -2.25. The van der Waals surface area contributed by atoms with Crippen molar-refractivity contribution in [3.8, 4) is 23.2 Å². The molecule has 1 unspecified atom stereocenters. The highest BCUT2D eigenvalue weighted by molar-refractivity contribution is 5.90. The molecule has 3 heterocycles. The molecular weight excluding hydrogens is 346 g/mol. The number of nitrogens with two attached hydrogens (primary N) is 1. The van der Waals surface area contributed by atoms with Gasteiger partial charge < -0.3 is 15.6 Å². The van der Waals surface area contributed by atoms with Crippen LogP contribution >= 0.6 is 0 Å². The van der Waals surface area contributed by atoms with Crippen LogP contribution in [-0.4, -0.2) is 26.3 Å². The third kappa shape index (κ3) is 2.58. The molecule has 4 N–H and O–H groups in total.